The van der Waals surface area contributed by atoms with Crippen LogP contribution in [-0.2, 0) is 20.9 Å². The topological polar surface area (TPSA) is 135 Å². The van der Waals surface area contributed by atoms with Crippen molar-refractivity contribution in [2.75, 3.05) is 6.54 Å². The molecule has 1 aromatic heterocycles. The summed E-state index contributed by atoms with van der Waals surface area (Å²) >= 11 is 1.58. The Morgan fingerprint density at radius 3 is 2.49 bits per heavy atom. The average molecular weight is 524 g/mol. The number of thiazole rings is 1. The molecule has 2 aromatic rings. The fraction of sp³-hybridized carbons (Fsp3) is 0.519. The van der Waals surface area contributed by atoms with E-state index in [0.717, 1.165) is 21.7 Å². The van der Waals surface area contributed by atoms with Crippen molar-refractivity contribution in [2.45, 2.75) is 71.7 Å². The zero-order chi connectivity index (χ0) is 27.0. The molecule has 3 N–H and O–H groups in total. The second-order valence-corrected chi connectivity index (χ2v) is 11.9. The van der Waals surface area contributed by atoms with E-state index in [1.54, 1.807) is 11.3 Å². The van der Waals surface area contributed by atoms with Gasteiger partial charge in [0.1, 0.15) is 17.5 Å². The molecule has 10 heteroatoms. The van der Waals surface area contributed by atoms with Gasteiger partial charge in [0.05, 0.1) is 28.3 Å². The van der Waals surface area contributed by atoms with Crippen molar-refractivity contribution < 1.29 is 19.5 Å². The Labute approximate surface area is 220 Å². The summed E-state index contributed by atoms with van der Waals surface area (Å²) in [5.74, 6) is -1.25. The highest BCUT2D eigenvalue weighted by atomic mass is 32.1. The molecule has 9 nitrogen and oxygen atoms in total. The van der Waals surface area contributed by atoms with Crippen molar-refractivity contribution in [3.63, 3.8) is 0 Å². The number of nitriles is 1. The minimum atomic E-state index is -1.07. The molecule has 3 atom stereocenters. The van der Waals surface area contributed by atoms with Crippen molar-refractivity contribution in [3.05, 3.63) is 41.0 Å². The van der Waals surface area contributed by atoms with Crippen LogP contribution in [0.2, 0.25) is 0 Å². The minimum Gasteiger partial charge on any atom is -0.391 e. The summed E-state index contributed by atoms with van der Waals surface area (Å²) in [7, 11) is 0. The third-order valence-corrected chi connectivity index (χ3v) is 8.06. The van der Waals surface area contributed by atoms with Crippen LogP contribution in [0, 0.1) is 29.1 Å². The van der Waals surface area contributed by atoms with Crippen LogP contribution in [0.1, 0.15) is 51.3 Å². The molecule has 3 amide bonds. The lowest BCUT2D eigenvalue weighted by atomic mass is 9.85. The molecule has 0 spiro atoms. The summed E-state index contributed by atoms with van der Waals surface area (Å²) < 4.78 is 0. The highest BCUT2D eigenvalue weighted by Gasteiger charge is 2.53. The number of aliphatic hydroxyl groups is 1. The van der Waals surface area contributed by atoms with Gasteiger partial charge >= 0.3 is 0 Å². The van der Waals surface area contributed by atoms with Gasteiger partial charge < -0.3 is 20.6 Å². The first-order chi connectivity index (χ1) is 17.4. The second-order valence-electron chi connectivity index (χ2n) is 11.0. The van der Waals surface area contributed by atoms with Crippen LogP contribution >= 0.6 is 11.3 Å². The summed E-state index contributed by atoms with van der Waals surface area (Å²) in [5.41, 5.74) is 3.02. The first kappa shape index (κ1) is 26.8. The van der Waals surface area contributed by atoms with Crippen LogP contribution in [0.3, 0.4) is 0 Å². The molecule has 1 saturated heterocycles. The Hall–Kier alpha value is -3.29. The molecule has 2 fully saturated rings. The normalized spacial score (nSPS) is 21.1. The van der Waals surface area contributed by atoms with Gasteiger partial charge in [0.15, 0.2) is 0 Å². The number of likely N-dealkylation sites (tertiary alicyclic amines) is 1. The van der Waals surface area contributed by atoms with Gasteiger partial charge in [0.25, 0.3) is 0 Å². The number of nitrogens with zero attached hydrogens (tertiary/aromatic N) is 3. The first-order valence-corrected chi connectivity index (χ1v) is 13.3. The van der Waals surface area contributed by atoms with E-state index in [1.165, 1.54) is 4.90 Å². The predicted octanol–water partition coefficient (Wildman–Crippen LogP) is 2.53. The number of β-amino-alcohol motifs (C(OH)–C–C–N with tert-alkyl or cyclic N) is 1. The molecule has 1 aromatic carbocycles. The smallest absolute Gasteiger partial charge is 0.246 e. The summed E-state index contributed by atoms with van der Waals surface area (Å²) in [5, 5.41) is 25.4. The van der Waals surface area contributed by atoms with Crippen LogP contribution in [0.4, 0.5) is 0 Å². The maximum absolute atomic E-state index is 13.6. The molecule has 1 unspecified atom stereocenters. The predicted molar refractivity (Wildman–Crippen MR) is 139 cm³/mol. The van der Waals surface area contributed by atoms with E-state index >= 15 is 0 Å². The third kappa shape index (κ3) is 5.68. The first-order valence-electron chi connectivity index (χ1n) is 12.4. The van der Waals surface area contributed by atoms with Gasteiger partial charge in [-0.2, -0.15) is 5.26 Å². The molecule has 2 aliphatic rings. The lowest BCUT2D eigenvalue weighted by Crippen LogP contribution is -2.58. The molecule has 4 rings (SSSR count). The number of aliphatic hydroxyl groups excluding tert-OH is 1. The summed E-state index contributed by atoms with van der Waals surface area (Å²) in [4.78, 5) is 46.2. The Morgan fingerprint density at radius 1 is 1.27 bits per heavy atom. The Balaban J connectivity index is 1.43. The molecule has 1 aliphatic carbocycles. The number of hydrogen-bond acceptors (Lipinski definition) is 7. The fourth-order valence-electron chi connectivity index (χ4n) is 4.56. The van der Waals surface area contributed by atoms with Gasteiger partial charge in [-0.15, -0.1) is 11.3 Å². The van der Waals surface area contributed by atoms with Gasteiger partial charge in [-0.3, -0.25) is 14.4 Å². The van der Waals surface area contributed by atoms with Crippen molar-refractivity contribution in [3.8, 4) is 16.5 Å². The number of aryl methyl sites for hydroxylation is 1. The standard InChI is InChI=1S/C27H33N5O4S/c1-16-21(37-15-30-16)18-7-5-17(6-8-18)12-29-23(34)20-11-19(33)13-32(20)24(35)22(26(2,3)4)31-25(36)27(14-28)9-10-27/h5-8,15,19-20,22,33H,9-13H2,1-4H3,(H,29,34)(H,31,36)/t19?,20-,22+/m0/s1. The van der Waals surface area contributed by atoms with E-state index < -0.39 is 40.8 Å². The van der Waals surface area contributed by atoms with Crippen molar-refractivity contribution >= 4 is 29.1 Å². The van der Waals surface area contributed by atoms with Crippen LogP contribution in [0.15, 0.2) is 29.8 Å². The molecule has 0 bridgehead atoms. The largest absolute Gasteiger partial charge is 0.391 e. The van der Waals surface area contributed by atoms with E-state index in [-0.39, 0.29) is 25.4 Å². The molecule has 0 radical (unpaired) electrons. The Bertz CT molecular complexity index is 1220. The van der Waals surface area contributed by atoms with E-state index in [9.17, 15) is 24.8 Å². The van der Waals surface area contributed by atoms with Crippen LogP contribution in [0.25, 0.3) is 10.4 Å². The lowest BCUT2D eigenvalue weighted by Gasteiger charge is -2.35. The number of benzene rings is 1. The monoisotopic (exact) mass is 523 g/mol. The lowest BCUT2D eigenvalue weighted by molar-refractivity contribution is -0.144. The number of rotatable bonds is 7. The van der Waals surface area contributed by atoms with Crippen LogP contribution in [-0.4, -0.2) is 57.4 Å². The fourth-order valence-corrected chi connectivity index (χ4v) is 5.38. The SMILES string of the molecule is Cc1ncsc1-c1ccc(CNC(=O)[C@@H]2CC(O)CN2C(=O)[C@@H](NC(=O)C2(C#N)CC2)C(C)(C)C)cc1. The summed E-state index contributed by atoms with van der Waals surface area (Å²) in [6, 6.07) is 8.12. The van der Waals surface area contributed by atoms with Gasteiger partial charge in [-0.05, 0) is 36.3 Å². The van der Waals surface area contributed by atoms with E-state index in [1.807, 2.05) is 57.5 Å². The van der Waals surface area contributed by atoms with E-state index in [4.69, 9.17) is 0 Å². The molecular weight excluding hydrogens is 490 g/mol. The third-order valence-electron chi connectivity index (χ3n) is 7.08. The van der Waals surface area contributed by atoms with Crippen molar-refractivity contribution in [2.24, 2.45) is 10.8 Å². The maximum atomic E-state index is 13.6. The second kappa shape index (κ2) is 10.2. The highest BCUT2D eigenvalue weighted by molar-refractivity contribution is 7.13. The van der Waals surface area contributed by atoms with Gasteiger partial charge in [0, 0.05) is 19.5 Å². The zero-order valence-electron chi connectivity index (χ0n) is 21.6. The number of amides is 3. The van der Waals surface area contributed by atoms with Crippen LogP contribution in [0.5, 0.6) is 0 Å². The molecule has 1 saturated carbocycles. The Morgan fingerprint density at radius 2 is 1.95 bits per heavy atom. The van der Waals surface area contributed by atoms with Crippen molar-refractivity contribution in [1.82, 2.24) is 20.5 Å². The number of carbonyl (C=O) groups is 3. The number of carbonyl (C=O) groups excluding carboxylic acids is 3. The summed E-state index contributed by atoms with van der Waals surface area (Å²) in [6.07, 6.45) is 0.220. The zero-order valence-corrected chi connectivity index (χ0v) is 22.4. The van der Waals surface area contributed by atoms with Gasteiger partial charge in [-0.25, -0.2) is 4.98 Å². The minimum absolute atomic E-state index is 0.00562. The van der Waals surface area contributed by atoms with Gasteiger partial charge in [-0.1, -0.05) is 45.0 Å². The molecule has 37 heavy (non-hydrogen) atoms. The quantitative estimate of drug-likeness (QED) is 0.510. The number of nitrogens with one attached hydrogen (secondary N) is 2. The van der Waals surface area contributed by atoms with Gasteiger partial charge in [0.2, 0.25) is 17.7 Å². The molecule has 1 aliphatic heterocycles. The van der Waals surface area contributed by atoms with Crippen LogP contribution < -0.4 is 10.6 Å². The Kier molecular flexibility index (Phi) is 7.40. The highest BCUT2D eigenvalue weighted by Crippen LogP contribution is 2.45. The summed E-state index contributed by atoms with van der Waals surface area (Å²) in [6.45, 7) is 7.71. The maximum Gasteiger partial charge on any atom is 0.246 e. The molecule has 196 valence electrons. The number of aromatic nitrogens is 1. The molecule has 2 heterocycles. The van der Waals surface area contributed by atoms with E-state index in [2.05, 4.69) is 21.7 Å². The number of hydrogen-bond donors (Lipinski definition) is 3. The van der Waals surface area contributed by atoms with E-state index in [0.29, 0.717) is 12.8 Å². The molecular formula is C27H33N5O4S. The van der Waals surface area contributed by atoms with Crippen molar-refractivity contribution in [1.29, 1.82) is 5.26 Å². The average Bonchev–Trinajstić information content (AvgIpc) is 3.40.